The number of benzene rings is 1. The molecule has 1 amide bonds. The highest BCUT2D eigenvalue weighted by atomic mass is 16.5. The van der Waals surface area contributed by atoms with Crippen LogP contribution in [0.4, 0.5) is 0 Å². The molecule has 0 bridgehead atoms. The van der Waals surface area contributed by atoms with Crippen LogP contribution >= 0.6 is 0 Å². The van der Waals surface area contributed by atoms with Crippen LogP contribution in [0.15, 0.2) is 48.8 Å². The number of carbonyl (C=O) groups excluding carboxylic acids is 1. The number of ether oxygens (including phenoxy) is 2. The van der Waals surface area contributed by atoms with Crippen LogP contribution in [0.1, 0.15) is 38.3 Å². The van der Waals surface area contributed by atoms with Crippen molar-refractivity contribution in [3.63, 3.8) is 0 Å². The lowest BCUT2D eigenvalue weighted by Crippen LogP contribution is -2.26. The Hall–Kier alpha value is -2.56. The van der Waals surface area contributed by atoms with E-state index in [1.165, 1.54) is 0 Å². The lowest BCUT2D eigenvalue weighted by Gasteiger charge is -2.14. The van der Waals surface area contributed by atoms with Gasteiger partial charge in [-0.05, 0) is 50.1 Å². The number of carbonyl (C=O) groups is 1. The van der Waals surface area contributed by atoms with Crippen LogP contribution in [0.25, 0.3) is 0 Å². The summed E-state index contributed by atoms with van der Waals surface area (Å²) in [5, 5.41) is 2.98. The molecule has 0 saturated heterocycles. The molecular weight excluding hydrogens is 304 g/mol. The molecule has 1 aromatic carbocycles. The summed E-state index contributed by atoms with van der Waals surface area (Å²) in [6, 6.07) is 11.3. The third kappa shape index (κ3) is 5.57. The van der Waals surface area contributed by atoms with Crippen LogP contribution in [0.5, 0.6) is 11.5 Å². The third-order valence-corrected chi connectivity index (χ3v) is 3.54. The van der Waals surface area contributed by atoms with E-state index in [4.69, 9.17) is 9.47 Å². The van der Waals surface area contributed by atoms with Crippen molar-refractivity contribution in [2.24, 2.45) is 0 Å². The van der Waals surface area contributed by atoms with Crippen molar-refractivity contribution in [2.45, 2.75) is 32.7 Å². The maximum absolute atomic E-state index is 12.0. The molecule has 2 aromatic rings. The van der Waals surface area contributed by atoms with Crippen LogP contribution < -0.4 is 14.8 Å². The van der Waals surface area contributed by atoms with Gasteiger partial charge in [0.2, 0.25) is 5.91 Å². The van der Waals surface area contributed by atoms with Crippen LogP contribution in [0, 0.1) is 0 Å². The number of aromatic nitrogens is 1. The number of hydrogen-bond acceptors (Lipinski definition) is 4. The Labute approximate surface area is 143 Å². The Balaban J connectivity index is 1.71. The Kier molecular flexibility index (Phi) is 7.08. The zero-order valence-corrected chi connectivity index (χ0v) is 14.2. The fourth-order valence-corrected chi connectivity index (χ4v) is 2.31. The zero-order chi connectivity index (χ0) is 17.2. The number of hydrogen-bond donors (Lipinski definition) is 1. The van der Waals surface area contributed by atoms with Crippen LogP contribution in [-0.2, 0) is 4.79 Å². The van der Waals surface area contributed by atoms with Crippen LogP contribution in [-0.4, -0.2) is 24.1 Å². The van der Waals surface area contributed by atoms with Gasteiger partial charge < -0.3 is 14.8 Å². The standard InChI is InChI=1S/C19H24N2O3/c1-3-23-17-7-4-5-8-18(17)24-14-6-9-19(22)21-15(2)16-10-12-20-13-11-16/h4-5,7-8,10-13,15H,3,6,9,14H2,1-2H3,(H,21,22). The van der Waals surface area contributed by atoms with E-state index in [0.717, 1.165) is 11.3 Å². The molecule has 128 valence electrons. The van der Waals surface area contributed by atoms with Gasteiger partial charge in [0.05, 0.1) is 19.3 Å². The Morgan fingerprint density at radius 2 is 1.79 bits per heavy atom. The van der Waals surface area contributed by atoms with E-state index in [-0.39, 0.29) is 11.9 Å². The molecule has 0 radical (unpaired) electrons. The molecule has 2 rings (SSSR count). The SMILES string of the molecule is CCOc1ccccc1OCCCC(=O)NC(C)c1ccncc1. The molecule has 0 spiro atoms. The highest BCUT2D eigenvalue weighted by molar-refractivity contribution is 5.76. The van der Waals surface area contributed by atoms with E-state index in [0.29, 0.717) is 31.8 Å². The Bertz CT molecular complexity index is 632. The van der Waals surface area contributed by atoms with Gasteiger partial charge in [-0.2, -0.15) is 0 Å². The minimum atomic E-state index is -0.0277. The zero-order valence-electron chi connectivity index (χ0n) is 14.2. The first-order valence-electron chi connectivity index (χ1n) is 8.24. The monoisotopic (exact) mass is 328 g/mol. The molecule has 24 heavy (non-hydrogen) atoms. The minimum absolute atomic E-state index is 0.0148. The van der Waals surface area contributed by atoms with Gasteiger partial charge in [0, 0.05) is 18.8 Å². The summed E-state index contributed by atoms with van der Waals surface area (Å²) < 4.78 is 11.2. The first kappa shape index (κ1) is 17.8. The van der Waals surface area contributed by atoms with Gasteiger partial charge in [-0.3, -0.25) is 9.78 Å². The number of para-hydroxylation sites is 2. The highest BCUT2D eigenvalue weighted by Crippen LogP contribution is 2.26. The van der Waals surface area contributed by atoms with E-state index in [1.807, 2.05) is 50.2 Å². The maximum atomic E-state index is 12.0. The first-order valence-corrected chi connectivity index (χ1v) is 8.24. The molecule has 0 aliphatic rings. The van der Waals surface area contributed by atoms with Gasteiger partial charge in [-0.1, -0.05) is 12.1 Å². The fourth-order valence-electron chi connectivity index (χ4n) is 2.31. The second-order valence-corrected chi connectivity index (χ2v) is 5.40. The second kappa shape index (κ2) is 9.55. The third-order valence-electron chi connectivity index (χ3n) is 3.54. The van der Waals surface area contributed by atoms with Crippen molar-refractivity contribution < 1.29 is 14.3 Å². The van der Waals surface area contributed by atoms with E-state index < -0.39 is 0 Å². The summed E-state index contributed by atoms with van der Waals surface area (Å²) in [6.07, 6.45) is 4.52. The van der Waals surface area contributed by atoms with Gasteiger partial charge >= 0.3 is 0 Å². The first-order chi connectivity index (χ1) is 11.7. The van der Waals surface area contributed by atoms with Gasteiger partial charge in [0.15, 0.2) is 11.5 Å². The largest absolute Gasteiger partial charge is 0.490 e. The van der Waals surface area contributed by atoms with E-state index in [2.05, 4.69) is 10.3 Å². The summed E-state index contributed by atoms with van der Waals surface area (Å²) in [7, 11) is 0. The predicted molar refractivity (Wildman–Crippen MR) is 93.1 cm³/mol. The molecular formula is C19H24N2O3. The van der Waals surface area contributed by atoms with Gasteiger partial charge in [-0.25, -0.2) is 0 Å². The normalized spacial score (nSPS) is 11.6. The summed E-state index contributed by atoms with van der Waals surface area (Å²) >= 11 is 0. The van der Waals surface area contributed by atoms with Crippen molar-refractivity contribution >= 4 is 5.91 Å². The number of amides is 1. The quantitative estimate of drug-likeness (QED) is 0.716. The molecule has 1 aromatic heterocycles. The average Bonchev–Trinajstić information content (AvgIpc) is 2.61. The molecule has 1 unspecified atom stereocenters. The summed E-state index contributed by atoms with van der Waals surface area (Å²) in [4.78, 5) is 16.0. The predicted octanol–water partition coefficient (Wildman–Crippen LogP) is 3.52. The summed E-state index contributed by atoms with van der Waals surface area (Å²) in [6.45, 7) is 4.96. The molecule has 5 heteroatoms. The van der Waals surface area contributed by atoms with Crippen molar-refractivity contribution in [1.29, 1.82) is 0 Å². The number of rotatable bonds is 9. The fraction of sp³-hybridized carbons (Fsp3) is 0.368. The van der Waals surface area contributed by atoms with Crippen LogP contribution in [0.2, 0.25) is 0 Å². The molecule has 0 aliphatic heterocycles. The Morgan fingerprint density at radius 1 is 1.12 bits per heavy atom. The highest BCUT2D eigenvalue weighted by Gasteiger charge is 2.09. The lowest BCUT2D eigenvalue weighted by atomic mass is 10.1. The molecule has 0 aliphatic carbocycles. The van der Waals surface area contributed by atoms with Crippen LogP contribution in [0.3, 0.4) is 0 Å². The van der Waals surface area contributed by atoms with Crippen molar-refractivity contribution in [2.75, 3.05) is 13.2 Å². The van der Waals surface area contributed by atoms with Crippen molar-refractivity contribution in [3.05, 3.63) is 54.4 Å². The maximum Gasteiger partial charge on any atom is 0.220 e. The molecule has 1 atom stereocenters. The summed E-state index contributed by atoms with van der Waals surface area (Å²) in [5.74, 6) is 1.46. The second-order valence-electron chi connectivity index (χ2n) is 5.40. The van der Waals surface area contributed by atoms with Gasteiger partial charge in [0.1, 0.15) is 0 Å². The summed E-state index contributed by atoms with van der Waals surface area (Å²) in [5.41, 5.74) is 1.04. The average molecular weight is 328 g/mol. The number of nitrogens with zero attached hydrogens (tertiary/aromatic N) is 1. The topological polar surface area (TPSA) is 60.5 Å². The molecule has 1 N–H and O–H groups in total. The Morgan fingerprint density at radius 3 is 2.46 bits per heavy atom. The van der Waals surface area contributed by atoms with E-state index in [9.17, 15) is 4.79 Å². The van der Waals surface area contributed by atoms with E-state index >= 15 is 0 Å². The van der Waals surface area contributed by atoms with Crippen molar-refractivity contribution in [1.82, 2.24) is 10.3 Å². The molecule has 1 heterocycles. The number of pyridine rings is 1. The van der Waals surface area contributed by atoms with Crippen molar-refractivity contribution in [3.8, 4) is 11.5 Å². The van der Waals surface area contributed by atoms with Gasteiger partial charge in [0.25, 0.3) is 0 Å². The minimum Gasteiger partial charge on any atom is -0.490 e. The molecule has 0 saturated carbocycles. The van der Waals surface area contributed by atoms with E-state index in [1.54, 1.807) is 12.4 Å². The molecule has 5 nitrogen and oxygen atoms in total. The lowest BCUT2D eigenvalue weighted by molar-refractivity contribution is -0.121. The number of nitrogens with one attached hydrogen (secondary N) is 1. The molecule has 0 fully saturated rings. The smallest absolute Gasteiger partial charge is 0.220 e. The van der Waals surface area contributed by atoms with Gasteiger partial charge in [-0.15, -0.1) is 0 Å².